The summed E-state index contributed by atoms with van der Waals surface area (Å²) in [6.45, 7) is 1.68. The minimum absolute atomic E-state index is 0.258. The fraction of sp³-hybridized carbons (Fsp3) is 0.250. The molecule has 0 aromatic heterocycles. The van der Waals surface area contributed by atoms with Crippen LogP contribution in [0.2, 0.25) is 0 Å². The van der Waals surface area contributed by atoms with Gasteiger partial charge in [0, 0.05) is 5.75 Å². The number of benzene rings is 1. The van der Waals surface area contributed by atoms with Crippen LogP contribution in [0.15, 0.2) is 29.2 Å². The van der Waals surface area contributed by atoms with Crippen molar-refractivity contribution in [2.45, 2.75) is 11.8 Å². The monoisotopic (exact) mass is 216 g/mol. The Morgan fingerprint density at radius 3 is 2.00 bits per heavy atom. The minimum Gasteiger partial charge on any atom is -0.423 e. The lowest BCUT2D eigenvalue weighted by atomic mass is 9.81. The molecule has 0 heterocycles. The van der Waals surface area contributed by atoms with Crippen LogP contribution in [0.4, 0.5) is 0 Å². The molecule has 78 valence electrons. The maximum Gasteiger partial charge on any atom is 0.488 e. The fourth-order valence-electron chi connectivity index (χ4n) is 1.02. The van der Waals surface area contributed by atoms with E-state index in [0.717, 1.165) is 0 Å². The molecule has 0 bridgehead atoms. The second-order valence-corrected chi connectivity index (χ2v) is 5.28. The molecule has 4 N–H and O–H groups in total. The van der Waals surface area contributed by atoms with Gasteiger partial charge in [-0.15, -0.1) is 0 Å². The molecule has 0 aliphatic heterocycles. The van der Waals surface area contributed by atoms with Crippen LogP contribution < -0.4 is 5.46 Å². The molecule has 0 saturated heterocycles. The van der Waals surface area contributed by atoms with Crippen molar-refractivity contribution in [3.8, 4) is 0 Å². The maximum atomic E-state index is 9.54. The molecule has 0 amide bonds. The van der Waals surface area contributed by atoms with Gasteiger partial charge in [-0.1, -0.05) is 12.1 Å². The Morgan fingerprint density at radius 1 is 1.14 bits per heavy atom. The van der Waals surface area contributed by atoms with E-state index in [4.69, 9.17) is 10.0 Å². The summed E-state index contributed by atoms with van der Waals surface area (Å²) in [5.41, 5.74) is 0.333. The van der Waals surface area contributed by atoms with Gasteiger partial charge < -0.3 is 10.0 Å². The number of rotatable bonds is 3. The van der Waals surface area contributed by atoms with Crippen LogP contribution in [0.1, 0.15) is 6.92 Å². The number of hydrogen-bond donors (Lipinski definition) is 4. The SMILES string of the molecule is CCS(O)(O)c1ccc(B(O)O)cc1. The Balaban J connectivity index is 2.94. The van der Waals surface area contributed by atoms with Crippen LogP contribution in [0.3, 0.4) is 0 Å². The van der Waals surface area contributed by atoms with E-state index in [0.29, 0.717) is 10.4 Å². The highest BCUT2D eigenvalue weighted by molar-refractivity contribution is 8.24. The zero-order valence-corrected chi connectivity index (χ0v) is 8.61. The summed E-state index contributed by atoms with van der Waals surface area (Å²) in [6.07, 6.45) is 0. The Bertz CT molecular complexity index is 299. The zero-order valence-electron chi connectivity index (χ0n) is 7.79. The van der Waals surface area contributed by atoms with Gasteiger partial charge in [-0.3, -0.25) is 9.11 Å². The molecule has 6 heteroatoms. The third kappa shape index (κ3) is 2.49. The van der Waals surface area contributed by atoms with Crippen LogP contribution in [0.5, 0.6) is 0 Å². The molecule has 4 nitrogen and oxygen atoms in total. The van der Waals surface area contributed by atoms with E-state index in [-0.39, 0.29) is 5.75 Å². The summed E-state index contributed by atoms with van der Waals surface area (Å²) in [5.74, 6) is 0.258. The second-order valence-electron chi connectivity index (χ2n) is 2.90. The van der Waals surface area contributed by atoms with Crippen molar-refractivity contribution in [3.63, 3.8) is 0 Å². The molecule has 1 aromatic rings. The standard InChI is InChI=1S/C8H13BO4S/c1-2-14(12,13)8-5-3-7(4-6-8)9(10)11/h3-6,10-13H,2H2,1H3. The predicted octanol–water partition coefficient (Wildman–Crippen LogP) is 0.496. The highest BCUT2D eigenvalue weighted by Crippen LogP contribution is 2.46. The normalized spacial score (nSPS) is 12.6. The first-order valence-electron chi connectivity index (χ1n) is 4.19. The van der Waals surface area contributed by atoms with Crippen molar-refractivity contribution < 1.29 is 19.2 Å². The first-order valence-corrected chi connectivity index (χ1v) is 5.91. The predicted molar refractivity (Wildman–Crippen MR) is 57.9 cm³/mol. The summed E-state index contributed by atoms with van der Waals surface area (Å²) in [7, 11) is -4.22. The Labute approximate surface area is 84.7 Å². The van der Waals surface area contributed by atoms with Crippen LogP contribution >= 0.6 is 10.6 Å². The summed E-state index contributed by atoms with van der Waals surface area (Å²) < 4.78 is 19.1. The van der Waals surface area contributed by atoms with E-state index >= 15 is 0 Å². The Morgan fingerprint density at radius 2 is 1.64 bits per heavy atom. The molecular weight excluding hydrogens is 203 g/mol. The van der Waals surface area contributed by atoms with Gasteiger partial charge in [0.1, 0.15) is 0 Å². The van der Waals surface area contributed by atoms with Crippen molar-refractivity contribution in [1.29, 1.82) is 0 Å². The van der Waals surface area contributed by atoms with Crippen LogP contribution in [0, 0.1) is 0 Å². The van der Waals surface area contributed by atoms with E-state index in [1.54, 1.807) is 6.92 Å². The van der Waals surface area contributed by atoms with E-state index < -0.39 is 17.7 Å². The lowest BCUT2D eigenvalue weighted by Crippen LogP contribution is -2.29. The third-order valence-corrected chi connectivity index (χ3v) is 3.79. The van der Waals surface area contributed by atoms with Gasteiger partial charge in [0.05, 0.1) is 4.90 Å². The van der Waals surface area contributed by atoms with Gasteiger partial charge in [0.2, 0.25) is 0 Å². The molecule has 0 atom stereocenters. The second kappa shape index (κ2) is 4.33. The largest absolute Gasteiger partial charge is 0.488 e. The van der Waals surface area contributed by atoms with Crippen LogP contribution in [-0.4, -0.2) is 32.0 Å². The molecule has 1 rings (SSSR count). The molecule has 0 aliphatic carbocycles. The van der Waals surface area contributed by atoms with Gasteiger partial charge in [0.25, 0.3) is 0 Å². The summed E-state index contributed by atoms with van der Waals surface area (Å²) in [6, 6.07) is 5.91. The van der Waals surface area contributed by atoms with Gasteiger partial charge >= 0.3 is 7.12 Å². The summed E-state index contributed by atoms with van der Waals surface area (Å²) in [5, 5.41) is 17.6. The fourth-order valence-corrected chi connectivity index (χ4v) is 1.93. The number of hydrogen-bond acceptors (Lipinski definition) is 4. The van der Waals surface area contributed by atoms with Crippen LogP contribution in [-0.2, 0) is 0 Å². The van der Waals surface area contributed by atoms with Crippen molar-refractivity contribution in [2.75, 3.05) is 5.75 Å². The molecule has 0 aliphatic rings. The Kier molecular flexibility index (Phi) is 3.57. The average Bonchev–Trinajstić information content (AvgIpc) is 2.18. The topological polar surface area (TPSA) is 80.9 Å². The first-order chi connectivity index (χ1) is 6.47. The van der Waals surface area contributed by atoms with E-state index in [1.807, 2.05) is 0 Å². The van der Waals surface area contributed by atoms with Crippen molar-refractivity contribution >= 4 is 23.2 Å². The molecular formula is C8H13BO4S. The van der Waals surface area contributed by atoms with Crippen molar-refractivity contribution in [2.24, 2.45) is 0 Å². The lowest BCUT2D eigenvalue weighted by Gasteiger charge is -2.30. The molecule has 1 aromatic carbocycles. The highest BCUT2D eigenvalue weighted by Gasteiger charge is 2.15. The third-order valence-electron chi connectivity index (χ3n) is 1.96. The molecule has 0 saturated carbocycles. The average molecular weight is 216 g/mol. The van der Waals surface area contributed by atoms with Crippen molar-refractivity contribution in [1.82, 2.24) is 0 Å². The van der Waals surface area contributed by atoms with E-state index in [1.165, 1.54) is 24.3 Å². The highest BCUT2D eigenvalue weighted by atomic mass is 32.3. The van der Waals surface area contributed by atoms with E-state index in [9.17, 15) is 9.11 Å². The molecule has 0 radical (unpaired) electrons. The molecule has 14 heavy (non-hydrogen) atoms. The minimum atomic E-state index is -2.70. The van der Waals surface area contributed by atoms with Gasteiger partial charge in [0.15, 0.2) is 0 Å². The zero-order chi connectivity index (χ0) is 10.8. The van der Waals surface area contributed by atoms with Crippen molar-refractivity contribution in [3.05, 3.63) is 24.3 Å². The Hall–Kier alpha value is -0.525. The lowest BCUT2D eigenvalue weighted by molar-refractivity contribution is 0.425. The van der Waals surface area contributed by atoms with Gasteiger partial charge in [-0.25, -0.2) is 0 Å². The summed E-state index contributed by atoms with van der Waals surface area (Å²) in [4.78, 5) is 0.421. The maximum absolute atomic E-state index is 9.54. The van der Waals surface area contributed by atoms with Gasteiger partial charge in [-0.05, 0) is 24.5 Å². The quantitative estimate of drug-likeness (QED) is 0.554. The molecule has 0 fully saturated rings. The summed E-state index contributed by atoms with van der Waals surface area (Å²) >= 11 is 0. The van der Waals surface area contributed by atoms with Crippen LogP contribution in [0.25, 0.3) is 0 Å². The van der Waals surface area contributed by atoms with Gasteiger partial charge in [-0.2, -0.15) is 10.6 Å². The molecule has 0 spiro atoms. The first kappa shape index (κ1) is 11.5. The molecule has 0 unspecified atom stereocenters. The van der Waals surface area contributed by atoms with E-state index in [2.05, 4.69) is 0 Å². The smallest absolute Gasteiger partial charge is 0.423 e.